The number of para-hydroxylation sites is 1. The minimum absolute atomic E-state index is 0.103. The fourth-order valence-corrected chi connectivity index (χ4v) is 4.94. The van der Waals surface area contributed by atoms with Crippen LogP contribution in [0.4, 0.5) is 5.00 Å². The number of nitrogens with one attached hydrogen (secondary N) is 2. The summed E-state index contributed by atoms with van der Waals surface area (Å²) in [5.41, 5.74) is 1.29. The molecule has 1 aromatic carbocycles. The first-order chi connectivity index (χ1) is 12.7. The third kappa shape index (κ3) is 4.32. The number of amides is 1. The summed E-state index contributed by atoms with van der Waals surface area (Å²) >= 11 is 1.49. The van der Waals surface area contributed by atoms with Crippen LogP contribution in [0.15, 0.2) is 30.3 Å². The molecule has 5 nitrogen and oxygen atoms in total. The van der Waals surface area contributed by atoms with Gasteiger partial charge < -0.3 is 15.4 Å². The molecule has 1 amide bonds. The van der Waals surface area contributed by atoms with Gasteiger partial charge in [0.25, 0.3) is 0 Å². The van der Waals surface area contributed by atoms with Crippen molar-refractivity contribution in [1.82, 2.24) is 5.32 Å². The van der Waals surface area contributed by atoms with Crippen LogP contribution in [0.3, 0.4) is 0 Å². The summed E-state index contributed by atoms with van der Waals surface area (Å²) in [7, 11) is 0. The number of anilines is 1. The van der Waals surface area contributed by atoms with E-state index in [0.717, 1.165) is 22.6 Å². The van der Waals surface area contributed by atoms with Crippen LogP contribution in [0.25, 0.3) is 0 Å². The molecule has 2 aromatic rings. The molecular weight excluding hydrogens is 358 g/mol. The lowest BCUT2D eigenvalue weighted by Crippen LogP contribution is -2.54. The van der Waals surface area contributed by atoms with Crippen LogP contribution in [-0.2, 0) is 16.8 Å². The molecule has 0 saturated heterocycles. The van der Waals surface area contributed by atoms with Crippen LogP contribution in [0.2, 0.25) is 0 Å². The maximum atomic E-state index is 12.4. The van der Waals surface area contributed by atoms with Gasteiger partial charge in [-0.3, -0.25) is 4.79 Å². The van der Waals surface area contributed by atoms with Crippen molar-refractivity contribution < 1.29 is 9.53 Å². The van der Waals surface area contributed by atoms with Crippen molar-refractivity contribution in [2.24, 2.45) is 0 Å². The third-order valence-electron chi connectivity index (χ3n) is 4.55. The van der Waals surface area contributed by atoms with Gasteiger partial charge >= 0.3 is 0 Å². The van der Waals surface area contributed by atoms with Gasteiger partial charge in [-0.25, -0.2) is 0 Å². The molecule has 6 heteroatoms. The Labute approximate surface area is 164 Å². The molecule has 0 unspecified atom stereocenters. The molecule has 27 heavy (non-hydrogen) atoms. The van der Waals surface area contributed by atoms with Crippen LogP contribution in [0.5, 0.6) is 5.75 Å². The van der Waals surface area contributed by atoms with Crippen LogP contribution in [0, 0.1) is 11.3 Å². The van der Waals surface area contributed by atoms with Gasteiger partial charge in [0, 0.05) is 16.0 Å². The summed E-state index contributed by atoms with van der Waals surface area (Å²) < 4.78 is 5.58. The van der Waals surface area contributed by atoms with Crippen LogP contribution in [0.1, 0.15) is 50.1 Å². The first kappa shape index (κ1) is 19.4. The van der Waals surface area contributed by atoms with Crippen molar-refractivity contribution in [1.29, 1.82) is 5.26 Å². The van der Waals surface area contributed by atoms with Crippen molar-refractivity contribution >= 4 is 22.2 Å². The molecule has 3 rings (SSSR count). The van der Waals surface area contributed by atoms with Crippen molar-refractivity contribution in [3.8, 4) is 11.8 Å². The Morgan fingerprint density at radius 2 is 2.00 bits per heavy atom. The summed E-state index contributed by atoms with van der Waals surface area (Å²) in [5, 5.41) is 16.9. The highest BCUT2D eigenvalue weighted by Crippen LogP contribution is 2.44. The second-order valence-electron chi connectivity index (χ2n) is 8.00. The molecule has 1 aliphatic heterocycles. The second-order valence-corrected chi connectivity index (χ2v) is 9.02. The number of nitrogens with zero attached hydrogens (tertiary/aromatic N) is 1. The van der Waals surface area contributed by atoms with Gasteiger partial charge in [-0.1, -0.05) is 18.2 Å². The van der Waals surface area contributed by atoms with Gasteiger partial charge in [-0.2, -0.15) is 5.26 Å². The standard InChI is InChI=1S/C21H25N3O2S/c1-20(2)12-15-16(13-22)19(27-18(15)21(3,4)24-20)23-17(25)10-11-26-14-8-6-5-7-9-14/h5-9,24H,10-12H2,1-4H3,(H,23,25). The summed E-state index contributed by atoms with van der Waals surface area (Å²) in [5.74, 6) is 0.593. The summed E-state index contributed by atoms with van der Waals surface area (Å²) in [6.45, 7) is 8.79. The molecule has 0 spiro atoms. The van der Waals surface area contributed by atoms with E-state index in [9.17, 15) is 10.1 Å². The quantitative estimate of drug-likeness (QED) is 0.812. The lowest BCUT2D eigenvalue weighted by molar-refractivity contribution is -0.116. The van der Waals surface area contributed by atoms with E-state index < -0.39 is 0 Å². The minimum Gasteiger partial charge on any atom is -0.493 e. The normalized spacial score (nSPS) is 16.9. The fraction of sp³-hybridized carbons (Fsp3) is 0.429. The maximum absolute atomic E-state index is 12.4. The molecule has 0 atom stereocenters. The van der Waals surface area contributed by atoms with Crippen molar-refractivity contribution in [3.63, 3.8) is 0 Å². The molecule has 0 fully saturated rings. The van der Waals surface area contributed by atoms with E-state index in [2.05, 4.69) is 44.4 Å². The number of rotatable bonds is 5. The number of fused-ring (bicyclic) bond motifs is 1. The van der Waals surface area contributed by atoms with E-state index in [1.54, 1.807) is 0 Å². The molecule has 0 radical (unpaired) electrons. The molecule has 0 saturated carbocycles. The minimum atomic E-state index is -0.243. The lowest BCUT2D eigenvalue weighted by Gasteiger charge is -2.42. The molecule has 1 aliphatic rings. The zero-order valence-corrected chi connectivity index (χ0v) is 17.0. The zero-order chi connectivity index (χ0) is 19.7. The van der Waals surface area contributed by atoms with E-state index in [1.807, 2.05) is 30.3 Å². The van der Waals surface area contributed by atoms with Crippen molar-refractivity contribution in [2.45, 2.75) is 51.6 Å². The van der Waals surface area contributed by atoms with Crippen LogP contribution >= 0.6 is 11.3 Å². The van der Waals surface area contributed by atoms with Gasteiger partial charge in [-0.05, 0) is 51.8 Å². The van der Waals surface area contributed by atoms with E-state index in [0.29, 0.717) is 17.2 Å². The number of hydrogen-bond donors (Lipinski definition) is 2. The summed E-state index contributed by atoms with van der Waals surface area (Å²) in [6, 6.07) is 11.7. The Hall–Kier alpha value is -2.36. The predicted octanol–water partition coefficient (Wildman–Crippen LogP) is 4.19. The van der Waals surface area contributed by atoms with Crippen molar-refractivity contribution in [3.05, 3.63) is 46.3 Å². The maximum Gasteiger partial charge on any atom is 0.228 e. The molecular formula is C21H25N3O2S. The SMILES string of the molecule is CC1(C)Cc2c(sc(NC(=O)CCOc3ccccc3)c2C#N)C(C)(C)N1. The number of ether oxygens (including phenoxy) is 1. The Balaban J connectivity index is 1.71. The van der Waals surface area contributed by atoms with Gasteiger partial charge in [0.15, 0.2) is 0 Å². The van der Waals surface area contributed by atoms with E-state index >= 15 is 0 Å². The summed E-state index contributed by atoms with van der Waals surface area (Å²) in [4.78, 5) is 13.5. The number of carbonyl (C=O) groups excluding carboxylic acids is 1. The highest BCUT2D eigenvalue weighted by molar-refractivity contribution is 7.17. The predicted molar refractivity (Wildman–Crippen MR) is 108 cm³/mol. The first-order valence-electron chi connectivity index (χ1n) is 9.05. The van der Waals surface area contributed by atoms with E-state index in [-0.39, 0.29) is 23.4 Å². The molecule has 0 bridgehead atoms. The number of thiophene rings is 1. The third-order valence-corrected chi connectivity index (χ3v) is 6.02. The Morgan fingerprint density at radius 1 is 1.30 bits per heavy atom. The van der Waals surface area contributed by atoms with Crippen molar-refractivity contribution in [2.75, 3.05) is 11.9 Å². The largest absolute Gasteiger partial charge is 0.493 e. The Bertz CT molecular complexity index is 879. The summed E-state index contributed by atoms with van der Waals surface area (Å²) in [6.07, 6.45) is 0.994. The smallest absolute Gasteiger partial charge is 0.228 e. The molecule has 2 N–H and O–H groups in total. The first-order valence-corrected chi connectivity index (χ1v) is 9.87. The zero-order valence-electron chi connectivity index (χ0n) is 16.2. The highest BCUT2D eigenvalue weighted by Gasteiger charge is 2.40. The van der Waals surface area contributed by atoms with Gasteiger partial charge in [0.05, 0.1) is 18.6 Å². The molecule has 1 aromatic heterocycles. The van der Waals surface area contributed by atoms with Gasteiger partial charge in [0.2, 0.25) is 5.91 Å². The number of benzene rings is 1. The lowest BCUT2D eigenvalue weighted by atomic mass is 9.81. The number of nitriles is 1. The second kappa shape index (κ2) is 7.34. The van der Waals surface area contributed by atoms with E-state index in [4.69, 9.17) is 4.74 Å². The molecule has 2 heterocycles. The average Bonchev–Trinajstić information content (AvgIpc) is 2.91. The average molecular weight is 384 g/mol. The molecule has 0 aliphatic carbocycles. The number of hydrogen-bond acceptors (Lipinski definition) is 5. The monoisotopic (exact) mass is 383 g/mol. The topological polar surface area (TPSA) is 74.1 Å². The van der Waals surface area contributed by atoms with Crippen LogP contribution in [-0.4, -0.2) is 18.1 Å². The highest BCUT2D eigenvalue weighted by atomic mass is 32.1. The fourth-order valence-electron chi connectivity index (χ4n) is 3.70. The van der Waals surface area contributed by atoms with E-state index in [1.165, 1.54) is 11.3 Å². The van der Waals surface area contributed by atoms with Crippen LogP contribution < -0.4 is 15.4 Å². The molecule has 142 valence electrons. The Kier molecular flexibility index (Phi) is 5.27. The van der Waals surface area contributed by atoms with Gasteiger partial charge in [0.1, 0.15) is 16.8 Å². The van der Waals surface area contributed by atoms with Gasteiger partial charge in [-0.15, -0.1) is 11.3 Å². The number of carbonyl (C=O) groups is 1. The Morgan fingerprint density at radius 3 is 2.67 bits per heavy atom.